The Morgan fingerprint density at radius 1 is 1.08 bits per heavy atom. The van der Waals surface area contributed by atoms with Gasteiger partial charge in [0.1, 0.15) is 22.6 Å². The first kappa shape index (κ1) is 14.5. The molecule has 1 aliphatic carbocycles. The van der Waals surface area contributed by atoms with E-state index < -0.39 is 0 Å². The highest BCUT2D eigenvalue weighted by atomic mass is 16.3. The van der Waals surface area contributed by atoms with E-state index in [1.54, 1.807) is 6.26 Å². The van der Waals surface area contributed by atoms with Crippen LogP contribution in [0.4, 0.5) is 0 Å². The summed E-state index contributed by atoms with van der Waals surface area (Å²) in [6.45, 7) is 4.23. The molecule has 4 nitrogen and oxygen atoms in total. The summed E-state index contributed by atoms with van der Waals surface area (Å²) in [6.07, 6.45) is 2.92. The number of carbonyl (C=O) groups excluding carboxylic acids is 1. The van der Waals surface area contributed by atoms with Crippen LogP contribution < -0.4 is 0 Å². The smallest absolute Gasteiger partial charge is 0.182 e. The van der Waals surface area contributed by atoms with Gasteiger partial charge in [-0.2, -0.15) is 0 Å². The fourth-order valence-electron chi connectivity index (χ4n) is 3.89. The van der Waals surface area contributed by atoms with Gasteiger partial charge in [0.15, 0.2) is 11.4 Å². The normalized spacial score (nSPS) is 16.5. The molecule has 3 aromatic heterocycles. The molecule has 0 N–H and O–H groups in total. The van der Waals surface area contributed by atoms with Crippen LogP contribution in [0.3, 0.4) is 0 Å². The number of rotatable bonds is 1. The van der Waals surface area contributed by atoms with Crippen LogP contribution in [0.1, 0.15) is 36.3 Å². The van der Waals surface area contributed by atoms with Crippen molar-refractivity contribution in [3.05, 3.63) is 53.9 Å². The number of benzene rings is 1. The quantitative estimate of drug-likeness (QED) is 0.469. The average Bonchev–Trinajstić information content (AvgIpc) is 3.19. The van der Waals surface area contributed by atoms with Crippen LogP contribution in [-0.2, 0) is 6.42 Å². The van der Waals surface area contributed by atoms with E-state index in [4.69, 9.17) is 13.8 Å². The Labute approximate surface area is 144 Å². The van der Waals surface area contributed by atoms with Gasteiger partial charge in [0.05, 0.1) is 11.8 Å². The molecule has 0 bridgehead atoms. The molecule has 25 heavy (non-hydrogen) atoms. The Hall–Kier alpha value is -2.88. The van der Waals surface area contributed by atoms with E-state index in [9.17, 15) is 4.79 Å². The Morgan fingerprint density at radius 2 is 1.92 bits per heavy atom. The monoisotopic (exact) mass is 331 g/mol. The maximum absolute atomic E-state index is 12.8. The largest absolute Gasteiger partial charge is 0.464 e. The van der Waals surface area contributed by atoms with Gasteiger partial charge < -0.3 is 8.83 Å². The Bertz CT molecular complexity index is 1130. The van der Waals surface area contributed by atoms with Gasteiger partial charge in [-0.15, -0.1) is 0 Å². The van der Waals surface area contributed by atoms with Crippen molar-refractivity contribution in [2.45, 2.75) is 26.7 Å². The lowest BCUT2D eigenvalue weighted by atomic mass is 9.74. The summed E-state index contributed by atoms with van der Waals surface area (Å²) in [5, 5.41) is 0.922. The van der Waals surface area contributed by atoms with Gasteiger partial charge in [-0.05, 0) is 41.7 Å². The summed E-state index contributed by atoms with van der Waals surface area (Å²) in [5.74, 6) is 0.805. The molecule has 0 radical (unpaired) electrons. The van der Waals surface area contributed by atoms with Gasteiger partial charge in [0.2, 0.25) is 0 Å². The van der Waals surface area contributed by atoms with Gasteiger partial charge in [0.25, 0.3) is 0 Å². The van der Waals surface area contributed by atoms with E-state index >= 15 is 0 Å². The number of hydrogen-bond acceptors (Lipinski definition) is 4. The molecular formula is C21H17NO3. The van der Waals surface area contributed by atoms with Crippen LogP contribution >= 0.6 is 0 Å². The maximum atomic E-state index is 12.8. The zero-order valence-electron chi connectivity index (χ0n) is 14.1. The van der Waals surface area contributed by atoms with Crippen molar-refractivity contribution >= 4 is 27.9 Å². The summed E-state index contributed by atoms with van der Waals surface area (Å²) in [6, 6.07) is 11.6. The molecule has 5 rings (SSSR count). The molecule has 1 aliphatic rings. The first-order valence-corrected chi connectivity index (χ1v) is 8.45. The number of para-hydroxylation sites is 1. The second kappa shape index (κ2) is 4.82. The van der Waals surface area contributed by atoms with Crippen LogP contribution in [0, 0.1) is 5.41 Å². The SMILES string of the molecule is CC1(C)CC(=O)c2nc3c(oc4ccccc43)c(-c3ccco3)c2C1. The van der Waals surface area contributed by atoms with Crippen molar-refractivity contribution in [1.29, 1.82) is 0 Å². The maximum Gasteiger partial charge on any atom is 0.182 e. The number of pyridine rings is 1. The summed E-state index contributed by atoms with van der Waals surface area (Å²) < 4.78 is 11.8. The van der Waals surface area contributed by atoms with Crippen molar-refractivity contribution in [2.24, 2.45) is 5.41 Å². The van der Waals surface area contributed by atoms with Gasteiger partial charge in [-0.25, -0.2) is 4.98 Å². The van der Waals surface area contributed by atoms with E-state index in [0.29, 0.717) is 23.5 Å². The topological polar surface area (TPSA) is 56.2 Å². The third-order valence-corrected chi connectivity index (χ3v) is 4.93. The summed E-state index contributed by atoms with van der Waals surface area (Å²) >= 11 is 0. The minimum Gasteiger partial charge on any atom is -0.464 e. The van der Waals surface area contributed by atoms with Crippen molar-refractivity contribution in [2.75, 3.05) is 0 Å². The van der Waals surface area contributed by atoms with E-state index in [1.165, 1.54) is 0 Å². The van der Waals surface area contributed by atoms with Crippen molar-refractivity contribution in [3.63, 3.8) is 0 Å². The predicted molar refractivity (Wildman–Crippen MR) is 95.6 cm³/mol. The molecule has 4 heteroatoms. The van der Waals surface area contributed by atoms with Crippen LogP contribution in [0.5, 0.6) is 0 Å². The number of nitrogens with zero attached hydrogens (tertiary/aromatic N) is 1. The summed E-state index contributed by atoms with van der Waals surface area (Å²) in [7, 11) is 0. The van der Waals surface area contributed by atoms with Crippen molar-refractivity contribution < 1.29 is 13.6 Å². The number of carbonyl (C=O) groups is 1. The molecular weight excluding hydrogens is 314 g/mol. The Balaban J connectivity index is 1.97. The van der Waals surface area contributed by atoms with Crippen LogP contribution in [-0.4, -0.2) is 10.8 Å². The number of fused-ring (bicyclic) bond motifs is 4. The minimum atomic E-state index is -0.104. The first-order chi connectivity index (χ1) is 12.0. The van der Waals surface area contributed by atoms with E-state index in [1.807, 2.05) is 36.4 Å². The number of furan rings is 2. The number of hydrogen-bond donors (Lipinski definition) is 0. The van der Waals surface area contributed by atoms with E-state index in [2.05, 4.69) is 13.8 Å². The molecule has 0 saturated heterocycles. The zero-order valence-corrected chi connectivity index (χ0v) is 14.1. The van der Waals surface area contributed by atoms with Gasteiger partial charge in [-0.3, -0.25) is 4.79 Å². The minimum absolute atomic E-state index is 0.0891. The van der Waals surface area contributed by atoms with Crippen LogP contribution in [0.15, 0.2) is 51.5 Å². The fraction of sp³-hybridized carbons (Fsp3) is 0.238. The molecule has 124 valence electrons. The molecule has 0 atom stereocenters. The van der Waals surface area contributed by atoms with E-state index in [-0.39, 0.29) is 11.2 Å². The molecule has 0 fully saturated rings. The lowest BCUT2D eigenvalue weighted by Gasteiger charge is -2.30. The molecule has 0 unspecified atom stereocenters. The second-order valence-electron chi connectivity index (χ2n) is 7.51. The molecule has 0 spiro atoms. The van der Waals surface area contributed by atoms with Gasteiger partial charge in [-0.1, -0.05) is 26.0 Å². The highest BCUT2D eigenvalue weighted by Gasteiger charge is 2.36. The second-order valence-corrected chi connectivity index (χ2v) is 7.51. The standard InChI is InChI=1S/C21H17NO3/c1-21(2)10-13-17(16-8-5-9-24-16)20-19(22-18(13)14(23)11-21)12-6-3-4-7-15(12)25-20/h3-9H,10-11H2,1-2H3. The Kier molecular flexibility index (Phi) is 2.79. The summed E-state index contributed by atoms with van der Waals surface area (Å²) in [4.78, 5) is 17.5. The molecule has 3 heterocycles. The Morgan fingerprint density at radius 3 is 2.72 bits per heavy atom. The molecule has 0 amide bonds. The lowest BCUT2D eigenvalue weighted by Crippen LogP contribution is -2.28. The van der Waals surface area contributed by atoms with Gasteiger partial charge in [0, 0.05) is 11.8 Å². The molecule has 0 aliphatic heterocycles. The van der Waals surface area contributed by atoms with Crippen LogP contribution in [0.25, 0.3) is 33.4 Å². The van der Waals surface area contributed by atoms with Crippen molar-refractivity contribution in [1.82, 2.24) is 4.98 Å². The third-order valence-electron chi connectivity index (χ3n) is 4.93. The van der Waals surface area contributed by atoms with Crippen molar-refractivity contribution in [3.8, 4) is 11.3 Å². The first-order valence-electron chi connectivity index (χ1n) is 8.45. The molecule has 0 saturated carbocycles. The average molecular weight is 331 g/mol. The fourth-order valence-corrected chi connectivity index (χ4v) is 3.89. The number of aromatic nitrogens is 1. The number of ketones is 1. The number of Topliss-reactive ketones (excluding diaryl/α,β-unsaturated/α-hetero) is 1. The third kappa shape index (κ3) is 2.07. The lowest BCUT2D eigenvalue weighted by molar-refractivity contribution is 0.0907. The van der Waals surface area contributed by atoms with E-state index in [0.717, 1.165) is 34.0 Å². The predicted octanol–water partition coefficient (Wildman–Crippen LogP) is 5.40. The van der Waals surface area contributed by atoms with Crippen LogP contribution in [0.2, 0.25) is 0 Å². The highest BCUT2D eigenvalue weighted by Crippen LogP contribution is 2.44. The molecule has 1 aromatic carbocycles. The summed E-state index contributed by atoms with van der Waals surface area (Å²) in [5.41, 5.74) is 4.45. The zero-order chi connectivity index (χ0) is 17.2. The molecule has 4 aromatic rings. The highest BCUT2D eigenvalue weighted by molar-refractivity contribution is 6.11. The van der Waals surface area contributed by atoms with Gasteiger partial charge >= 0.3 is 0 Å².